The van der Waals surface area contributed by atoms with E-state index in [9.17, 15) is 14.3 Å². The first kappa shape index (κ1) is 14.7. The maximum atomic E-state index is 13.4. The molecule has 110 valence electrons. The zero-order valence-electron chi connectivity index (χ0n) is 11.3. The fourth-order valence-electron chi connectivity index (χ4n) is 2.34. The van der Waals surface area contributed by atoms with Gasteiger partial charge >= 0.3 is 5.97 Å². The fourth-order valence-corrected chi connectivity index (χ4v) is 2.34. The van der Waals surface area contributed by atoms with E-state index in [4.69, 9.17) is 9.47 Å². The van der Waals surface area contributed by atoms with E-state index in [1.54, 1.807) is 23.1 Å². The van der Waals surface area contributed by atoms with E-state index >= 15 is 0 Å². The lowest BCUT2D eigenvalue weighted by Gasteiger charge is -2.21. The van der Waals surface area contributed by atoms with Gasteiger partial charge in [0.15, 0.2) is 11.6 Å². The minimum atomic E-state index is -0.549. The van der Waals surface area contributed by atoms with Crippen molar-refractivity contribution in [3.05, 3.63) is 30.1 Å². The first-order valence-corrected chi connectivity index (χ1v) is 6.49. The smallest absolute Gasteiger partial charge is 0.323 e. The van der Waals surface area contributed by atoms with Gasteiger partial charge in [-0.2, -0.15) is 0 Å². The molecule has 6 heteroatoms. The first-order chi connectivity index (χ1) is 9.61. The summed E-state index contributed by atoms with van der Waals surface area (Å²) in [5.74, 6) is -0.604. The molecule has 1 N–H and O–H groups in total. The number of hydrogen-bond acceptors (Lipinski definition) is 5. The van der Waals surface area contributed by atoms with Gasteiger partial charge in [0.1, 0.15) is 12.6 Å². The Morgan fingerprint density at radius 2 is 2.25 bits per heavy atom. The standard InChI is InChI=1S/C14H18FNO4/c1-19-14(18)12-8-10(17)9-16(12)6-7-20-13-5-3-2-4-11(13)15/h2-5,10,12,17H,6-9H2,1H3. The van der Waals surface area contributed by atoms with Crippen molar-refractivity contribution in [3.63, 3.8) is 0 Å². The van der Waals surface area contributed by atoms with Gasteiger partial charge < -0.3 is 14.6 Å². The number of aliphatic hydroxyl groups excluding tert-OH is 1. The van der Waals surface area contributed by atoms with Gasteiger partial charge in [-0.05, 0) is 12.1 Å². The van der Waals surface area contributed by atoms with E-state index in [2.05, 4.69) is 0 Å². The number of carbonyl (C=O) groups excluding carboxylic acids is 1. The van der Waals surface area contributed by atoms with Gasteiger partial charge in [0, 0.05) is 19.5 Å². The molecule has 0 aliphatic carbocycles. The highest BCUT2D eigenvalue weighted by Gasteiger charge is 2.36. The molecular formula is C14H18FNO4. The Labute approximate surface area is 116 Å². The molecule has 0 aromatic heterocycles. The van der Waals surface area contributed by atoms with Crippen LogP contribution in [0.1, 0.15) is 6.42 Å². The summed E-state index contributed by atoms with van der Waals surface area (Å²) in [4.78, 5) is 13.4. The number of nitrogens with zero attached hydrogens (tertiary/aromatic N) is 1. The number of halogens is 1. The normalized spacial score (nSPS) is 22.8. The number of hydrogen-bond donors (Lipinski definition) is 1. The number of rotatable bonds is 5. The minimum absolute atomic E-state index is 0.182. The Bertz CT molecular complexity index is 468. The topological polar surface area (TPSA) is 59.0 Å². The zero-order chi connectivity index (χ0) is 14.5. The Kier molecular flexibility index (Phi) is 4.92. The molecule has 1 aromatic carbocycles. The van der Waals surface area contributed by atoms with E-state index in [0.29, 0.717) is 19.5 Å². The van der Waals surface area contributed by atoms with Crippen LogP contribution in [0, 0.1) is 5.82 Å². The number of benzene rings is 1. The third-order valence-corrected chi connectivity index (χ3v) is 3.33. The minimum Gasteiger partial charge on any atom is -0.489 e. The lowest BCUT2D eigenvalue weighted by Crippen LogP contribution is -2.39. The van der Waals surface area contributed by atoms with Crippen molar-refractivity contribution >= 4 is 5.97 Å². The molecule has 1 heterocycles. The van der Waals surface area contributed by atoms with Crippen LogP contribution in [0.5, 0.6) is 5.75 Å². The molecule has 1 aliphatic rings. The summed E-state index contributed by atoms with van der Waals surface area (Å²) in [6.45, 7) is 1.05. The molecule has 0 spiro atoms. The van der Waals surface area contributed by atoms with E-state index in [0.717, 1.165) is 0 Å². The van der Waals surface area contributed by atoms with Gasteiger partial charge in [-0.25, -0.2) is 4.39 Å². The number of esters is 1. The van der Waals surface area contributed by atoms with E-state index in [1.165, 1.54) is 13.2 Å². The molecule has 1 aliphatic heterocycles. The molecule has 2 rings (SSSR count). The van der Waals surface area contributed by atoms with Crippen molar-refractivity contribution in [1.29, 1.82) is 0 Å². The van der Waals surface area contributed by atoms with E-state index < -0.39 is 18.0 Å². The summed E-state index contributed by atoms with van der Waals surface area (Å²) in [7, 11) is 1.32. The molecule has 5 nitrogen and oxygen atoms in total. The maximum Gasteiger partial charge on any atom is 0.323 e. The van der Waals surface area contributed by atoms with Crippen molar-refractivity contribution in [2.75, 3.05) is 26.8 Å². The third-order valence-electron chi connectivity index (χ3n) is 3.33. The molecule has 0 bridgehead atoms. The first-order valence-electron chi connectivity index (χ1n) is 6.49. The third kappa shape index (κ3) is 3.46. The molecule has 0 radical (unpaired) electrons. The highest BCUT2D eigenvalue weighted by molar-refractivity contribution is 5.76. The zero-order valence-corrected chi connectivity index (χ0v) is 11.3. The average Bonchev–Trinajstić information content (AvgIpc) is 2.81. The molecule has 1 saturated heterocycles. The van der Waals surface area contributed by atoms with Crippen molar-refractivity contribution in [2.24, 2.45) is 0 Å². The second kappa shape index (κ2) is 6.67. The summed E-state index contributed by atoms with van der Waals surface area (Å²) in [6, 6.07) is 5.69. The second-order valence-electron chi connectivity index (χ2n) is 4.70. The largest absolute Gasteiger partial charge is 0.489 e. The number of β-amino-alcohol motifs (C(OH)–C–C–N with tert-alkyl or cyclic N) is 1. The number of likely N-dealkylation sites (tertiary alicyclic amines) is 1. The van der Waals surface area contributed by atoms with Gasteiger partial charge in [0.25, 0.3) is 0 Å². The molecule has 20 heavy (non-hydrogen) atoms. The van der Waals surface area contributed by atoms with Gasteiger partial charge in [0.2, 0.25) is 0 Å². The van der Waals surface area contributed by atoms with Crippen molar-refractivity contribution < 1.29 is 23.8 Å². The molecule has 1 aromatic rings. The summed E-state index contributed by atoms with van der Waals surface area (Å²) in [5.41, 5.74) is 0. The number of para-hydroxylation sites is 1. The van der Waals surface area contributed by atoms with Crippen LogP contribution in [-0.2, 0) is 9.53 Å². The van der Waals surface area contributed by atoms with Gasteiger partial charge in [-0.15, -0.1) is 0 Å². The van der Waals surface area contributed by atoms with Crippen molar-refractivity contribution in [3.8, 4) is 5.75 Å². The predicted molar refractivity (Wildman–Crippen MR) is 69.9 cm³/mol. The fraction of sp³-hybridized carbons (Fsp3) is 0.500. The van der Waals surface area contributed by atoms with E-state index in [-0.39, 0.29) is 18.3 Å². The average molecular weight is 283 g/mol. The molecule has 0 saturated carbocycles. The Morgan fingerprint density at radius 3 is 2.95 bits per heavy atom. The highest BCUT2D eigenvalue weighted by Crippen LogP contribution is 2.19. The van der Waals surface area contributed by atoms with Crippen LogP contribution in [0.25, 0.3) is 0 Å². The lowest BCUT2D eigenvalue weighted by molar-refractivity contribution is -0.146. The summed E-state index contributed by atoms with van der Waals surface area (Å²) >= 11 is 0. The second-order valence-corrected chi connectivity index (χ2v) is 4.70. The summed E-state index contributed by atoms with van der Waals surface area (Å²) in [5, 5.41) is 9.62. The molecule has 1 fully saturated rings. The van der Waals surface area contributed by atoms with Crippen LogP contribution in [0.4, 0.5) is 4.39 Å². The highest BCUT2D eigenvalue weighted by atomic mass is 19.1. The van der Waals surface area contributed by atoms with Crippen LogP contribution < -0.4 is 4.74 Å². The molecule has 2 atom stereocenters. The summed E-state index contributed by atoms with van der Waals surface area (Å²) < 4.78 is 23.4. The number of aliphatic hydroxyl groups is 1. The van der Waals surface area contributed by atoms with Crippen LogP contribution in [0.15, 0.2) is 24.3 Å². The molecule has 0 amide bonds. The number of ether oxygens (including phenoxy) is 2. The molecule has 2 unspecified atom stereocenters. The Morgan fingerprint density at radius 1 is 1.50 bits per heavy atom. The molecular weight excluding hydrogens is 265 g/mol. The van der Waals surface area contributed by atoms with E-state index in [1.807, 2.05) is 0 Å². The van der Waals surface area contributed by atoms with Gasteiger partial charge in [-0.1, -0.05) is 12.1 Å². The van der Waals surface area contributed by atoms with Gasteiger partial charge in [0.05, 0.1) is 13.2 Å². The van der Waals surface area contributed by atoms with Crippen LogP contribution in [0.2, 0.25) is 0 Å². The Hall–Kier alpha value is -1.66. The summed E-state index contributed by atoms with van der Waals surface area (Å²) in [6.07, 6.45) is -0.195. The van der Waals surface area contributed by atoms with Crippen LogP contribution in [-0.4, -0.2) is 54.9 Å². The van der Waals surface area contributed by atoms with Gasteiger partial charge in [-0.3, -0.25) is 9.69 Å². The Balaban J connectivity index is 1.87. The van der Waals surface area contributed by atoms with Crippen molar-refractivity contribution in [2.45, 2.75) is 18.6 Å². The van der Waals surface area contributed by atoms with Crippen LogP contribution in [0.3, 0.4) is 0 Å². The quantitative estimate of drug-likeness (QED) is 0.811. The SMILES string of the molecule is COC(=O)C1CC(O)CN1CCOc1ccccc1F. The monoisotopic (exact) mass is 283 g/mol. The van der Waals surface area contributed by atoms with Crippen LogP contribution >= 0.6 is 0 Å². The number of methoxy groups -OCH3 is 1. The number of carbonyl (C=O) groups is 1. The predicted octanol–water partition coefficient (Wildman–Crippen LogP) is 0.813. The van der Waals surface area contributed by atoms with Crippen molar-refractivity contribution in [1.82, 2.24) is 4.90 Å². The lowest BCUT2D eigenvalue weighted by atomic mass is 10.2. The maximum absolute atomic E-state index is 13.4.